The number of rotatable bonds is 5. The second-order valence-electron chi connectivity index (χ2n) is 6.48. The van der Waals surface area contributed by atoms with Gasteiger partial charge in [-0.1, -0.05) is 27.7 Å². The number of hydrogen-bond acceptors (Lipinski definition) is 4. The van der Waals surface area contributed by atoms with Crippen LogP contribution in [0.1, 0.15) is 51.6 Å². The van der Waals surface area contributed by atoms with Gasteiger partial charge in [-0.15, -0.1) is 0 Å². The fourth-order valence-corrected chi connectivity index (χ4v) is 2.82. The summed E-state index contributed by atoms with van der Waals surface area (Å²) in [6.45, 7) is 12.0. The molecule has 20 heavy (non-hydrogen) atoms. The van der Waals surface area contributed by atoms with Gasteiger partial charge in [-0.25, -0.2) is 9.97 Å². The quantitative estimate of drug-likeness (QED) is 0.898. The molecule has 1 unspecified atom stereocenters. The summed E-state index contributed by atoms with van der Waals surface area (Å²) in [6.07, 6.45) is 3.31. The zero-order valence-electron chi connectivity index (χ0n) is 13.5. The van der Waals surface area contributed by atoms with E-state index in [2.05, 4.69) is 42.9 Å². The molecule has 0 radical (unpaired) electrons. The van der Waals surface area contributed by atoms with Crippen LogP contribution in [0.4, 0.5) is 5.69 Å². The Bertz CT molecular complexity index is 442. The second kappa shape index (κ2) is 6.53. The van der Waals surface area contributed by atoms with Crippen LogP contribution in [0.25, 0.3) is 0 Å². The van der Waals surface area contributed by atoms with Crippen LogP contribution in [0.3, 0.4) is 0 Å². The van der Waals surface area contributed by atoms with Crippen molar-refractivity contribution in [2.24, 2.45) is 11.8 Å². The third kappa shape index (κ3) is 3.29. The summed E-state index contributed by atoms with van der Waals surface area (Å²) in [5, 5.41) is 3.23. The lowest BCUT2D eigenvalue weighted by molar-refractivity contribution is 0.422. The maximum absolute atomic E-state index is 4.76. The van der Waals surface area contributed by atoms with Crippen LogP contribution in [-0.2, 0) is 6.54 Å². The van der Waals surface area contributed by atoms with E-state index >= 15 is 0 Å². The Hall–Kier alpha value is -1.16. The molecular weight excluding hydrogens is 248 g/mol. The molecule has 0 amide bonds. The summed E-state index contributed by atoms with van der Waals surface area (Å²) in [7, 11) is 1.97. The lowest BCUT2D eigenvalue weighted by Gasteiger charge is -2.22. The van der Waals surface area contributed by atoms with Crippen molar-refractivity contribution in [1.82, 2.24) is 15.3 Å². The molecule has 1 fully saturated rings. The first-order valence-electron chi connectivity index (χ1n) is 7.78. The van der Waals surface area contributed by atoms with Crippen molar-refractivity contribution in [2.45, 2.75) is 46.6 Å². The standard InChI is InChI=1S/C16H28N4/c1-11(2)13-6-7-20(10-13)15-9-18-16(12(3)4)19-14(15)8-17-5/h9,11-13,17H,6-8,10H2,1-5H3. The Morgan fingerprint density at radius 1 is 1.35 bits per heavy atom. The molecule has 1 saturated heterocycles. The Balaban J connectivity index is 2.22. The molecule has 4 nitrogen and oxygen atoms in total. The van der Waals surface area contributed by atoms with Crippen molar-refractivity contribution in [2.75, 3.05) is 25.0 Å². The van der Waals surface area contributed by atoms with E-state index in [4.69, 9.17) is 4.98 Å². The molecule has 1 aromatic rings. The monoisotopic (exact) mass is 276 g/mol. The normalized spacial score (nSPS) is 19.4. The van der Waals surface area contributed by atoms with E-state index in [1.54, 1.807) is 0 Å². The fraction of sp³-hybridized carbons (Fsp3) is 0.750. The summed E-state index contributed by atoms with van der Waals surface area (Å²) in [5.74, 6) is 2.87. The summed E-state index contributed by atoms with van der Waals surface area (Å²) >= 11 is 0. The summed E-state index contributed by atoms with van der Waals surface area (Å²) in [5.41, 5.74) is 2.35. The van der Waals surface area contributed by atoms with Crippen LogP contribution < -0.4 is 10.2 Å². The summed E-state index contributed by atoms with van der Waals surface area (Å²) in [6, 6.07) is 0. The fourth-order valence-electron chi connectivity index (χ4n) is 2.82. The zero-order valence-corrected chi connectivity index (χ0v) is 13.5. The van der Waals surface area contributed by atoms with Crippen molar-refractivity contribution in [1.29, 1.82) is 0 Å². The summed E-state index contributed by atoms with van der Waals surface area (Å²) < 4.78 is 0. The van der Waals surface area contributed by atoms with Crippen molar-refractivity contribution in [3.63, 3.8) is 0 Å². The molecule has 4 heteroatoms. The van der Waals surface area contributed by atoms with Gasteiger partial charge in [0.05, 0.1) is 17.6 Å². The Morgan fingerprint density at radius 2 is 2.10 bits per heavy atom. The number of anilines is 1. The van der Waals surface area contributed by atoms with E-state index in [9.17, 15) is 0 Å². The third-order valence-corrected chi connectivity index (χ3v) is 4.23. The van der Waals surface area contributed by atoms with E-state index in [-0.39, 0.29) is 0 Å². The van der Waals surface area contributed by atoms with Crippen LogP contribution in [0.5, 0.6) is 0 Å². The van der Waals surface area contributed by atoms with Crippen LogP contribution in [0, 0.1) is 11.8 Å². The highest BCUT2D eigenvalue weighted by molar-refractivity contribution is 5.50. The van der Waals surface area contributed by atoms with Crippen LogP contribution in [0.15, 0.2) is 6.20 Å². The molecule has 1 N–H and O–H groups in total. The second-order valence-corrected chi connectivity index (χ2v) is 6.48. The lowest BCUT2D eigenvalue weighted by Crippen LogP contribution is -2.25. The average molecular weight is 276 g/mol. The van der Waals surface area contributed by atoms with E-state index in [0.29, 0.717) is 5.92 Å². The van der Waals surface area contributed by atoms with Crippen molar-refractivity contribution < 1.29 is 0 Å². The molecule has 1 aliphatic rings. The van der Waals surface area contributed by atoms with Crippen LogP contribution >= 0.6 is 0 Å². The molecule has 1 aliphatic heterocycles. The van der Waals surface area contributed by atoms with Gasteiger partial charge in [0.1, 0.15) is 5.82 Å². The van der Waals surface area contributed by atoms with Gasteiger partial charge in [0, 0.05) is 25.6 Å². The van der Waals surface area contributed by atoms with Gasteiger partial charge >= 0.3 is 0 Å². The van der Waals surface area contributed by atoms with Gasteiger partial charge in [-0.05, 0) is 25.3 Å². The van der Waals surface area contributed by atoms with Crippen molar-refractivity contribution in [3.05, 3.63) is 17.7 Å². The number of nitrogens with zero attached hydrogens (tertiary/aromatic N) is 3. The predicted molar refractivity (Wildman–Crippen MR) is 84.0 cm³/mol. The lowest BCUT2D eigenvalue weighted by atomic mass is 9.95. The average Bonchev–Trinajstić information content (AvgIpc) is 2.88. The maximum atomic E-state index is 4.76. The minimum Gasteiger partial charge on any atom is -0.368 e. The smallest absolute Gasteiger partial charge is 0.131 e. The number of nitrogens with one attached hydrogen (secondary N) is 1. The largest absolute Gasteiger partial charge is 0.368 e. The van der Waals surface area contributed by atoms with E-state index < -0.39 is 0 Å². The van der Waals surface area contributed by atoms with E-state index in [0.717, 1.165) is 43.0 Å². The maximum Gasteiger partial charge on any atom is 0.131 e. The summed E-state index contributed by atoms with van der Waals surface area (Å²) in [4.78, 5) is 11.8. The predicted octanol–water partition coefficient (Wildman–Crippen LogP) is 2.80. The Kier molecular flexibility index (Phi) is 4.97. The Labute approximate surface area is 123 Å². The Morgan fingerprint density at radius 3 is 2.65 bits per heavy atom. The van der Waals surface area contributed by atoms with Crippen LogP contribution in [-0.4, -0.2) is 30.1 Å². The van der Waals surface area contributed by atoms with Gasteiger partial charge in [0.15, 0.2) is 0 Å². The number of hydrogen-bond donors (Lipinski definition) is 1. The molecule has 112 valence electrons. The minimum absolute atomic E-state index is 0.377. The highest BCUT2D eigenvalue weighted by Gasteiger charge is 2.27. The topological polar surface area (TPSA) is 41.1 Å². The molecule has 1 aromatic heterocycles. The van der Waals surface area contributed by atoms with Gasteiger partial charge in [0.2, 0.25) is 0 Å². The first-order valence-corrected chi connectivity index (χ1v) is 7.78. The SMILES string of the molecule is CNCc1nc(C(C)C)ncc1N1CCC(C(C)C)C1. The molecule has 0 bridgehead atoms. The van der Waals surface area contributed by atoms with Crippen molar-refractivity contribution in [3.8, 4) is 0 Å². The van der Waals surface area contributed by atoms with Gasteiger partial charge in [-0.3, -0.25) is 0 Å². The highest BCUT2D eigenvalue weighted by atomic mass is 15.2. The first-order chi connectivity index (χ1) is 9.52. The molecular formula is C16H28N4. The van der Waals surface area contributed by atoms with E-state index in [1.807, 2.05) is 13.2 Å². The highest BCUT2D eigenvalue weighted by Crippen LogP contribution is 2.30. The van der Waals surface area contributed by atoms with E-state index in [1.165, 1.54) is 12.1 Å². The van der Waals surface area contributed by atoms with Crippen LogP contribution in [0.2, 0.25) is 0 Å². The minimum atomic E-state index is 0.377. The van der Waals surface area contributed by atoms with Crippen molar-refractivity contribution >= 4 is 5.69 Å². The molecule has 0 saturated carbocycles. The molecule has 0 aromatic carbocycles. The zero-order chi connectivity index (χ0) is 14.7. The third-order valence-electron chi connectivity index (χ3n) is 4.23. The number of aromatic nitrogens is 2. The van der Waals surface area contributed by atoms with Gasteiger partial charge in [0.25, 0.3) is 0 Å². The molecule has 1 atom stereocenters. The molecule has 2 heterocycles. The van der Waals surface area contributed by atoms with Gasteiger partial charge in [-0.2, -0.15) is 0 Å². The molecule has 0 spiro atoms. The molecule has 0 aliphatic carbocycles. The first kappa shape index (κ1) is 15.2. The molecule has 2 rings (SSSR count). The van der Waals surface area contributed by atoms with Gasteiger partial charge < -0.3 is 10.2 Å².